The van der Waals surface area contributed by atoms with Crippen molar-refractivity contribution in [2.75, 3.05) is 47.5 Å². The van der Waals surface area contributed by atoms with Gasteiger partial charge in [-0.15, -0.1) is 0 Å². The van der Waals surface area contributed by atoms with E-state index in [1.165, 1.54) is 77.0 Å². The molecule has 0 aliphatic rings. The first-order valence-corrected chi connectivity index (χ1v) is 31.7. The monoisotopic (exact) mass is 1080 g/mol. The van der Waals surface area contributed by atoms with E-state index in [9.17, 15) is 19.0 Å². The molecule has 9 nitrogen and oxygen atoms in total. The fraction of sp³-hybridized carbons (Fsp3) is 0.667. The smallest absolute Gasteiger partial charge is 0.306 e. The molecular weight excluding hydrogens is 966 g/mol. The van der Waals surface area contributed by atoms with Crippen LogP contribution in [0.25, 0.3) is 0 Å². The number of allylic oxidation sites excluding steroid dienone is 20. The van der Waals surface area contributed by atoms with Gasteiger partial charge in [-0.2, -0.15) is 0 Å². The highest BCUT2D eigenvalue weighted by atomic mass is 31.2. The average molecular weight is 1080 g/mol. The SMILES string of the molecule is CC/C=C\C/C=C\C/C=C\C/C=C\C/C=C\C/C=C\C/C=C\C/C=C\CCCCCCCCCCCCCCC(=O)OC(COC(=O)CCCCCCC/C=C\C/C=C\CCCCC)COP(=O)([O-])OCC[N+](C)(C)C. The van der Waals surface area contributed by atoms with Crippen LogP contribution in [-0.2, 0) is 32.7 Å². The Morgan fingerprint density at radius 2 is 0.750 bits per heavy atom. The summed E-state index contributed by atoms with van der Waals surface area (Å²) in [6, 6.07) is 0. The van der Waals surface area contributed by atoms with Gasteiger partial charge in [0.1, 0.15) is 19.8 Å². The van der Waals surface area contributed by atoms with Crippen molar-refractivity contribution >= 4 is 19.8 Å². The molecule has 0 aromatic rings. The fourth-order valence-corrected chi connectivity index (χ4v) is 8.55. The highest BCUT2D eigenvalue weighted by Gasteiger charge is 2.22. The number of ether oxygens (including phenoxy) is 2. The van der Waals surface area contributed by atoms with Crippen molar-refractivity contribution in [3.63, 3.8) is 0 Å². The van der Waals surface area contributed by atoms with Crippen LogP contribution in [0, 0.1) is 0 Å². The third kappa shape index (κ3) is 59.7. The molecule has 10 heteroatoms. The number of rotatable bonds is 54. The van der Waals surface area contributed by atoms with Gasteiger partial charge >= 0.3 is 11.9 Å². The van der Waals surface area contributed by atoms with Crippen molar-refractivity contribution in [2.45, 2.75) is 238 Å². The third-order valence-corrected chi connectivity index (χ3v) is 13.4. The summed E-state index contributed by atoms with van der Waals surface area (Å²) in [5.74, 6) is -0.857. The van der Waals surface area contributed by atoms with Gasteiger partial charge in [-0.1, -0.05) is 232 Å². The molecule has 0 aliphatic carbocycles. The molecule has 76 heavy (non-hydrogen) atoms. The summed E-state index contributed by atoms with van der Waals surface area (Å²) in [7, 11) is 1.14. The van der Waals surface area contributed by atoms with Gasteiger partial charge in [0.15, 0.2) is 6.10 Å². The zero-order chi connectivity index (χ0) is 55.6. The Morgan fingerprint density at radius 1 is 0.421 bits per heavy atom. The summed E-state index contributed by atoms with van der Waals surface area (Å²) in [6.07, 6.45) is 79.7. The van der Waals surface area contributed by atoms with Crippen LogP contribution in [0.5, 0.6) is 0 Å². The molecule has 0 saturated carbocycles. The maximum Gasteiger partial charge on any atom is 0.306 e. The number of quaternary nitrogens is 1. The zero-order valence-electron chi connectivity index (χ0n) is 49.2. The Bertz CT molecular complexity index is 1700. The number of phosphoric acid groups is 1. The second-order valence-corrected chi connectivity index (χ2v) is 22.4. The van der Waals surface area contributed by atoms with Gasteiger partial charge in [-0.05, 0) is 109 Å². The molecule has 0 bridgehead atoms. The maximum atomic E-state index is 12.8. The average Bonchev–Trinajstić information content (AvgIpc) is 3.38. The van der Waals surface area contributed by atoms with E-state index in [1.54, 1.807) is 0 Å². The van der Waals surface area contributed by atoms with E-state index in [2.05, 4.69) is 135 Å². The van der Waals surface area contributed by atoms with Crippen molar-refractivity contribution in [3.05, 3.63) is 122 Å². The van der Waals surface area contributed by atoms with E-state index >= 15 is 0 Å². The number of carbonyl (C=O) groups is 2. The number of hydrogen-bond donors (Lipinski definition) is 0. The number of unbranched alkanes of at least 4 members (excludes halogenated alkanes) is 20. The number of nitrogens with zero attached hydrogens (tertiary/aromatic N) is 1. The predicted molar refractivity (Wildman–Crippen MR) is 323 cm³/mol. The minimum Gasteiger partial charge on any atom is -0.756 e. The molecule has 0 saturated heterocycles. The van der Waals surface area contributed by atoms with Gasteiger partial charge in [0.25, 0.3) is 7.82 Å². The minimum atomic E-state index is -4.64. The first kappa shape index (κ1) is 72.4. The van der Waals surface area contributed by atoms with Gasteiger partial charge in [-0.3, -0.25) is 14.2 Å². The number of esters is 2. The normalized spacial score (nSPS) is 14.1. The summed E-state index contributed by atoms with van der Waals surface area (Å²) in [6.45, 7) is 4.07. The van der Waals surface area contributed by atoms with Crippen LogP contribution in [0.1, 0.15) is 232 Å². The third-order valence-electron chi connectivity index (χ3n) is 12.5. The second-order valence-electron chi connectivity index (χ2n) is 21.0. The molecular formula is C66H112NO8P. The molecule has 0 spiro atoms. The molecule has 0 heterocycles. The van der Waals surface area contributed by atoms with E-state index in [0.717, 1.165) is 116 Å². The molecule has 0 fully saturated rings. The predicted octanol–water partition coefficient (Wildman–Crippen LogP) is 18.5. The lowest BCUT2D eigenvalue weighted by molar-refractivity contribution is -0.870. The van der Waals surface area contributed by atoms with Gasteiger partial charge in [0, 0.05) is 12.8 Å². The topological polar surface area (TPSA) is 111 Å². The first-order chi connectivity index (χ1) is 37.0. The summed E-state index contributed by atoms with van der Waals surface area (Å²) in [5.41, 5.74) is 0. The number of likely N-dealkylation sites (N-methyl/N-ethyl adjacent to an activating group) is 1. The summed E-state index contributed by atoms with van der Waals surface area (Å²) < 4.78 is 34.1. The highest BCUT2D eigenvalue weighted by molar-refractivity contribution is 7.45. The minimum absolute atomic E-state index is 0.0386. The van der Waals surface area contributed by atoms with Crippen molar-refractivity contribution in [2.24, 2.45) is 0 Å². The lowest BCUT2D eigenvalue weighted by Gasteiger charge is -2.28. The molecule has 0 aliphatic heterocycles. The van der Waals surface area contributed by atoms with Gasteiger partial charge in [0.2, 0.25) is 0 Å². The molecule has 2 unspecified atom stereocenters. The lowest BCUT2D eigenvalue weighted by atomic mass is 10.0. The fourth-order valence-electron chi connectivity index (χ4n) is 7.82. The molecule has 0 amide bonds. The summed E-state index contributed by atoms with van der Waals surface area (Å²) in [5, 5.41) is 0. The molecule has 0 aromatic carbocycles. The maximum absolute atomic E-state index is 12.8. The van der Waals surface area contributed by atoms with Crippen LogP contribution in [0.3, 0.4) is 0 Å². The highest BCUT2D eigenvalue weighted by Crippen LogP contribution is 2.38. The Kier molecular flexibility index (Phi) is 53.5. The van der Waals surface area contributed by atoms with E-state index in [0.29, 0.717) is 23.9 Å². The van der Waals surface area contributed by atoms with Crippen LogP contribution in [0.15, 0.2) is 122 Å². The van der Waals surface area contributed by atoms with Crippen LogP contribution in [0.2, 0.25) is 0 Å². The van der Waals surface area contributed by atoms with Gasteiger partial charge in [-0.25, -0.2) is 0 Å². The van der Waals surface area contributed by atoms with Crippen molar-refractivity contribution in [1.82, 2.24) is 0 Å². The van der Waals surface area contributed by atoms with Crippen molar-refractivity contribution < 1.29 is 42.1 Å². The molecule has 0 radical (unpaired) electrons. The summed E-state index contributed by atoms with van der Waals surface area (Å²) >= 11 is 0. The molecule has 0 N–H and O–H groups in total. The van der Waals surface area contributed by atoms with E-state index in [1.807, 2.05) is 21.1 Å². The lowest BCUT2D eigenvalue weighted by Crippen LogP contribution is -2.37. The zero-order valence-corrected chi connectivity index (χ0v) is 50.0. The van der Waals surface area contributed by atoms with Crippen LogP contribution < -0.4 is 4.89 Å². The van der Waals surface area contributed by atoms with E-state index < -0.39 is 32.5 Å². The molecule has 434 valence electrons. The Morgan fingerprint density at radius 3 is 1.12 bits per heavy atom. The largest absolute Gasteiger partial charge is 0.756 e. The van der Waals surface area contributed by atoms with E-state index in [4.69, 9.17) is 18.5 Å². The molecule has 2 atom stereocenters. The Labute approximate surface area is 467 Å². The van der Waals surface area contributed by atoms with Crippen molar-refractivity contribution in [1.29, 1.82) is 0 Å². The second kappa shape index (κ2) is 56.1. The first-order valence-electron chi connectivity index (χ1n) is 30.2. The standard InChI is InChI=1S/C66H112NO8P/c1-6-8-10-12-14-16-18-20-22-23-24-25-26-27-28-29-30-31-32-33-34-35-36-37-38-39-40-41-42-43-45-47-49-51-53-55-57-59-66(69)75-64(63-74-76(70,71)73-61-60-67(3,4)5)62-72-65(68)58-56-54-52-50-48-46-44-21-19-17-15-13-11-9-7-2/h8,10,14-17,20-22,24-25,27-28,30-31,33-34,36-37,44,64H,6-7,9,11-13,18-19,23,26,29,32,35,38-43,45-63H2,1-5H3/b10-8-,16-14-,17-15-,22-20-,25-24-,28-27-,31-30-,34-33-,37-36-,44-21-. The Balaban J connectivity index is 4.10. The molecule has 0 rings (SSSR count). The quantitative estimate of drug-likeness (QED) is 0.0195. The molecule has 0 aromatic heterocycles. The van der Waals surface area contributed by atoms with Crippen LogP contribution in [-0.4, -0.2) is 70.0 Å². The van der Waals surface area contributed by atoms with E-state index in [-0.39, 0.29) is 26.1 Å². The van der Waals surface area contributed by atoms with Crippen LogP contribution >= 0.6 is 7.82 Å². The number of phosphoric ester groups is 1. The Hall–Kier alpha value is -3.59. The van der Waals surface area contributed by atoms with Crippen LogP contribution in [0.4, 0.5) is 0 Å². The number of hydrogen-bond acceptors (Lipinski definition) is 8. The summed E-state index contributed by atoms with van der Waals surface area (Å²) in [4.78, 5) is 37.8. The van der Waals surface area contributed by atoms with Crippen molar-refractivity contribution in [3.8, 4) is 0 Å². The number of carbonyl (C=O) groups excluding carboxylic acids is 2. The van der Waals surface area contributed by atoms with Gasteiger partial charge < -0.3 is 27.9 Å². The van der Waals surface area contributed by atoms with Gasteiger partial charge in [0.05, 0.1) is 27.7 Å².